The van der Waals surface area contributed by atoms with E-state index in [0.717, 1.165) is 27.4 Å². The Bertz CT molecular complexity index is 1370. The van der Waals surface area contributed by atoms with Crippen LogP contribution in [0.1, 0.15) is 5.56 Å². The van der Waals surface area contributed by atoms with Crippen LogP contribution in [0.4, 0.5) is 40.1 Å². The molecule has 180 valence electrons. The first-order chi connectivity index (χ1) is 16.7. The summed E-state index contributed by atoms with van der Waals surface area (Å²) in [6.07, 6.45) is -5.12. The highest BCUT2D eigenvalue weighted by molar-refractivity contribution is 7.99. The third-order valence-corrected chi connectivity index (χ3v) is 5.65. The lowest BCUT2D eigenvalue weighted by molar-refractivity contribution is -0.137. The molecule has 4 aromatic rings. The minimum atomic E-state index is -4.49. The van der Waals surface area contributed by atoms with Crippen LogP contribution in [-0.4, -0.2) is 29.2 Å². The molecule has 1 heterocycles. The van der Waals surface area contributed by atoms with Gasteiger partial charge in [-0.3, -0.25) is 5.32 Å². The van der Waals surface area contributed by atoms with Crippen molar-refractivity contribution in [1.29, 1.82) is 0 Å². The Morgan fingerprint density at radius 1 is 0.914 bits per heavy atom. The molecule has 0 aliphatic heterocycles. The SMILES string of the molecule is COC(=O)Nc1nc2ccc(Sc3ccc(NC(=O)Nc4cccc(C(F)(F)F)c4)cc3)cc2[nH]1. The van der Waals surface area contributed by atoms with Crippen molar-refractivity contribution in [3.8, 4) is 0 Å². The second kappa shape index (κ2) is 9.97. The number of carbonyl (C=O) groups is 2. The first kappa shape index (κ1) is 24.0. The van der Waals surface area contributed by atoms with Crippen LogP contribution in [0.25, 0.3) is 11.0 Å². The van der Waals surface area contributed by atoms with Crippen LogP contribution in [0, 0.1) is 0 Å². The first-order valence-corrected chi connectivity index (χ1v) is 10.9. The van der Waals surface area contributed by atoms with Gasteiger partial charge in [0.15, 0.2) is 0 Å². The average Bonchev–Trinajstić information content (AvgIpc) is 3.21. The molecule has 0 unspecified atom stereocenters. The second-order valence-electron chi connectivity index (χ2n) is 7.17. The summed E-state index contributed by atoms with van der Waals surface area (Å²) in [4.78, 5) is 32.6. The zero-order chi connectivity index (χ0) is 25.0. The van der Waals surface area contributed by atoms with Gasteiger partial charge in [-0.05, 0) is 60.7 Å². The minimum Gasteiger partial charge on any atom is -0.453 e. The lowest BCUT2D eigenvalue weighted by Gasteiger charge is -2.11. The third-order valence-electron chi connectivity index (χ3n) is 4.65. The number of nitrogens with one attached hydrogen (secondary N) is 4. The quantitative estimate of drug-likeness (QED) is 0.248. The van der Waals surface area contributed by atoms with Gasteiger partial charge in [-0.15, -0.1) is 0 Å². The highest BCUT2D eigenvalue weighted by Crippen LogP contribution is 2.32. The van der Waals surface area contributed by atoms with E-state index in [-0.39, 0.29) is 11.6 Å². The van der Waals surface area contributed by atoms with Crippen LogP contribution in [-0.2, 0) is 10.9 Å². The van der Waals surface area contributed by atoms with Crippen molar-refractivity contribution in [2.24, 2.45) is 0 Å². The van der Waals surface area contributed by atoms with Crippen molar-refractivity contribution in [2.45, 2.75) is 16.0 Å². The zero-order valence-corrected chi connectivity index (χ0v) is 18.9. The van der Waals surface area contributed by atoms with Crippen molar-refractivity contribution in [3.63, 3.8) is 0 Å². The van der Waals surface area contributed by atoms with Gasteiger partial charge in [-0.2, -0.15) is 13.2 Å². The number of H-pyrrole nitrogens is 1. The average molecular weight is 501 g/mol. The molecule has 3 aromatic carbocycles. The summed E-state index contributed by atoms with van der Waals surface area (Å²) in [5, 5.41) is 7.45. The van der Waals surface area contributed by atoms with Crippen LogP contribution < -0.4 is 16.0 Å². The smallest absolute Gasteiger partial charge is 0.416 e. The number of ether oxygens (including phenoxy) is 1. The molecule has 12 heteroatoms. The van der Waals surface area contributed by atoms with E-state index in [1.807, 2.05) is 18.2 Å². The number of halogens is 3. The molecule has 0 radical (unpaired) electrons. The number of rotatable bonds is 5. The van der Waals surface area contributed by atoms with Gasteiger partial charge in [0.1, 0.15) is 0 Å². The molecule has 0 fully saturated rings. The Balaban J connectivity index is 1.37. The number of aromatic nitrogens is 2. The molecule has 0 spiro atoms. The molecule has 0 aliphatic carbocycles. The number of alkyl halides is 3. The number of hydrogen-bond donors (Lipinski definition) is 4. The van der Waals surface area contributed by atoms with Crippen molar-refractivity contribution < 1.29 is 27.5 Å². The van der Waals surface area contributed by atoms with Crippen LogP contribution in [0.3, 0.4) is 0 Å². The van der Waals surface area contributed by atoms with Crippen LogP contribution in [0.15, 0.2) is 76.5 Å². The normalized spacial score (nSPS) is 11.2. The van der Waals surface area contributed by atoms with Crippen molar-refractivity contribution in [3.05, 3.63) is 72.3 Å². The number of imidazole rings is 1. The number of fused-ring (bicyclic) bond motifs is 1. The Hall–Kier alpha value is -4.19. The summed E-state index contributed by atoms with van der Waals surface area (Å²) in [6.45, 7) is 0. The van der Waals surface area contributed by atoms with Crippen LogP contribution >= 0.6 is 11.8 Å². The van der Waals surface area contributed by atoms with E-state index in [4.69, 9.17) is 0 Å². The van der Waals surface area contributed by atoms with Gasteiger partial charge in [0.2, 0.25) is 5.95 Å². The van der Waals surface area contributed by atoms with Crippen molar-refractivity contribution >= 4 is 52.2 Å². The summed E-state index contributed by atoms with van der Waals surface area (Å²) >= 11 is 1.47. The maximum absolute atomic E-state index is 12.8. The van der Waals surface area contributed by atoms with Gasteiger partial charge < -0.3 is 20.4 Å². The van der Waals surface area contributed by atoms with E-state index in [1.54, 1.807) is 24.3 Å². The lowest BCUT2D eigenvalue weighted by Crippen LogP contribution is -2.19. The maximum atomic E-state index is 12.8. The molecule has 0 saturated carbocycles. The van der Waals surface area contributed by atoms with E-state index in [0.29, 0.717) is 11.2 Å². The summed E-state index contributed by atoms with van der Waals surface area (Å²) in [6, 6.07) is 16.3. The molecule has 4 N–H and O–H groups in total. The highest BCUT2D eigenvalue weighted by atomic mass is 32.2. The zero-order valence-electron chi connectivity index (χ0n) is 18.1. The van der Waals surface area contributed by atoms with Gasteiger partial charge >= 0.3 is 18.3 Å². The molecule has 4 rings (SSSR count). The fourth-order valence-corrected chi connectivity index (χ4v) is 3.93. The monoisotopic (exact) mass is 501 g/mol. The topological polar surface area (TPSA) is 108 Å². The number of methoxy groups -OCH3 is 1. The molecule has 8 nitrogen and oxygen atoms in total. The Morgan fingerprint density at radius 2 is 1.63 bits per heavy atom. The fraction of sp³-hybridized carbons (Fsp3) is 0.0870. The summed E-state index contributed by atoms with van der Waals surface area (Å²) in [5.74, 6) is 0.271. The minimum absolute atomic E-state index is 0.0312. The number of hydrogen-bond acceptors (Lipinski definition) is 5. The van der Waals surface area contributed by atoms with Gasteiger partial charge in [0.05, 0.1) is 23.7 Å². The van der Waals surface area contributed by atoms with Gasteiger partial charge in [-0.1, -0.05) is 17.8 Å². The Labute approximate surface area is 201 Å². The first-order valence-electron chi connectivity index (χ1n) is 10.1. The molecule has 0 aliphatic rings. The molecule has 0 saturated heterocycles. The number of benzene rings is 3. The standard InChI is InChI=1S/C23H18F3N5O3S/c1-34-22(33)31-20-29-18-10-9-17(12-19(18)30-20)35-16-7-5-14(6-8-16)27-21(32)28-15-4-2-3-13(11-15)23(24,25)26/h2-12H,1H3,(H2,27,28,32)(H2,29,30,31,33). The molecule has 35 heavy (non-hydrogen) atoms. The molecule has 1 aromatic heterocycles. The molecule has 3 amide bonds. The predicted molar refractivity (Wildman–Crippen MR) is 127 cm³/mol. The Morgan fingerprint density at radius 3 is 2.34 bits per heavy atom. The van der Waals surface area contributed by atoms with E-state index in [1.165, 1.54) is 31.0 Å². The highest BCUT2D eigenvalue weighted by Gasteiger charge is 2.30. The molecule has 0 bridgehead atoms. The van der Waals surface area contributed by atoms with Gasteiger partial charge in [-0.25, -0.2) is 14.6 Å². The van der Waals surface area contributed by atoms with Crippen LogP contribution in [0.5, 0.6) is 0 Å². The van der Waals surface area contributed by atoms with Crippen LogP contribution in [0.2, 0.25) is 0 Å². The molecule has 0 atom stereocenters. The molecular weight excluding hydrogens is 483 g/mol. The Kier molecular flexibility index (Phi) is 6.82. The van der Waals surface area contributed by atoms with E-state index >= 15 is 0 Å². The second-order valence-corrected chi connectivity index (χ2v) is 8.31. The summed E-state index contributed by atoms with van der Waals surface area (Å²) in [5.41, 5.74) is 1.06. The number of amides is 3. The number of urea groups is 1. The third kappa shape index (κ3) is 6.23. The van der Waals surface area contributed by atoms with Gasteiger partial charge in [0.25, 0.3) is 0 Å². The van der Waals surface area contributed by atoms with Crippen molar-refractivity contribution in [1.82, 2.24) is 9.97 Å². The maximum Gasteiger partial charge on any atom is 0.416 e. The summed E-state index contributed by atoms with van der Waals surface area (Å²) < 4.78 is 43.0. The lowest BCUT2D eigenvalue weighted by atomic mass is 10.2. The number of nitrogens with zero attached hydrogens (tertiary/aromatic N) is 1. The van der Waals surface area contributed by atoms with Gasteiger partial charge in [0, 0.05) is 21.2 Å². The van der Waals surface area contributed by atoms with E-state index in [2.05, 4.69) is 30.7 Å². The molecular formula is C23H18F3N5O3S. The fourth-order valence-electron chi connectivity index (χ4n) is 3.07. The predicted octanol–water partition coefficient (Wildman–Crippen LogP) is 6.56. The number of anilines is 3. The van der Waals surface area contributed by atoms with Crippen molar-refractivity contribution in [2.75, 3.05) is 23.1 Å². The summed E-state index contributed by atoms with van der Waals surface area (Å²) in [7, 11) is 1.26. The largest absolute Gasteiger partial charge is 0.453 e. The number of aromatic amines is 1. The van der Waals surface area contributed by atoms with E-state index in [9.17, 15) is 22.8 Å². The number of carbonyl (C=O) groups excluding carboxylic acids is 2. The van der Waals surface area contributed by atoms with E-state index < -0.39 is 23.9 Å².